The Labute approximate surface area is 119 Å². The molecule has 0 aliphatic heterocycles. The molecule has 0 radical (unpaired) electrons. The van der Waals surface area contributed by atoms with Gasteiger partial charge in [0.25, 0.3) is 0 Å². The highest BCUT2D eigenvalue weighted by atomic mass is 16.5. The van der Waals surface area contributed by atoms with Gasteiger partial charge in [-0.25, -0.2) is 0 Å². The number of aromatic amines is 1. The van der Waals surface area contributed by atoms with E-state index in [9.17, 15) is 4.79 Å². The molecule has 0 unspecified atom stereocenters. The zero-order valence-corrected chi connectivity index (χ0v) is 12.1. The van der Waals surface area contributed by atoms with E-state index >= 15 is 0 Å². The molecule has 1 aromatic heterocycles. The lowest BCUT2D eigenvalue weighted by atomic mass is 9.94. The topological polar surface area (TPSA) is 68.1 Å². The Balaban J connectivity index is 2.09. The highest BCUT2D eigenvalue weighted by Crippen LogP contribution is 2.22. The molecule has 1 atom stereocenters. The minimum absolute atomic E-state index is 0.337. The van der Waals surface area contributed by atoms with Crippen molar-refractivity contribution in [2.75, 3.05) is 6.61 Å². The Morgan fingerprint density at radius 3 is 2.90 bits per heavy atom. The summed E-state index contributed by atoms with van der Waals surface area (Å²) in [4.78, 5) is 15.2. The largest absolute Gasteiger partial charge is 0.464 e. The number of H-pyrrole nitrogens is 1. The Kier molecular flexibility index (Phi) is 4.45. The predicted molar refractivity (Wildman–Crippen MR) is 80.5 cm³/mol. The van der Waals surface area contributed by atoms with Crippen LogP contribution in [0.2, 0.25) is 0 Å². The molecule has 0 spiro atoms. The lowest BCUT2D eigenvalue weighted by molar-refractivity contribution is -0.149. The number of para-hydroxylation sites is 1. The average Bonchev–Trinajstić information content (AvgIpc) is 2.82. The van der Waals surface area contributed by atoms with E-state index in [4.69, 9.17) is 10.5 Å². The molecule has 3 N–H and O–H groups in total. The molecule has 0 amide bonds. The van der Waals surface area contributed by atoms with Crippen LogP contribution >= 0.6 is 0 Å². The third-order valence-electron chi connectivity index (χ3n) is 3.43. The molecule has 0 fully saturated rings. The summed E-state index contributed by atoms with van der Waals surface area (Å²) < 4.78 is 5.23. The van der Waals surface area contributed by atoms with Crippen LogP contribution in [0.3, 0.4) is 0 Å². The predicted octanol–water partition coefficient (Wildman–Crippen LogP) is 2.77. The van der Waals surface area contributed by atoms with Gasteiger partial charge in [0.05, 0.1) is 6.61 Å². The van der Waals surface area contributed by atoms with Crippen molar-refractivity contribution in [3.8, 4) is 0 Å². The number of unbranched alkanes of at least 4 members (excludes halogenated alkanes) is 1. The fourth-order valence-electron chi connectivity index (χ4n) is 2.22. The van der Waals surface area contributed by atoms with Crippen LogP contribution in [-0.2, 0) is 16.0 Å². The molecule has 0 saturated heterocycles. The zero-order valence-electron chi connectivity index (χ0n) is 12.1. The quantitative estimate of drug-likeness (QED) is 0.628. The fourth-order valence-corrected chi connectivity index (χ4v) is 2.22. The summed E-state index contributed by atoms with van der Waals surface area (Å²) in [5, 5.41) is 1.10. The number of rotatable bonds is 6. The normalized spacial score (nSPS) is 14.2. The van der Waals surface area contributed by atoms with Crippen molar-refractivity contribution in [3.05, 3.63) is 36.0 Å². The van der Waals surface area contributed by atoms with Gasteiger partial charge >= 0.3 is 5.97 Å². The summed E-state index contributed by atoms with van der Waals surface area (Å²) >= 11 is 0. The van der Waals surface area contributed by atoms with Crippen LogP contribution in [0.1, 0.15) is 32.3 Å². The maximum atomic E-state index is 12.0. The van der Waals surface area contributed by atoms with Crippen LogP contribution in [0, 0.1) is 0 Å². The number of carbonyl (C=O) groups is 1. The van der Waals surface area contributed by atoms with E-state index in [2.05, 4.69) is 11.9 Å². The van der Waals surface area contributed by atoms with Crippen molar-refractivity contribution in [2.24, 2.45) is 5.73 Å². The number of ether oxygens (including phenoxy) is 1. The van der Waals surface area contributed by atoms with Crippen molar-refractivity contribution in [1.82, 2.24) is 4.98 Å². The number of esters is 1. The van der Waals surface area contributed by atoms with Gasteiger partial charge in [-0.15, -0.1) is 0 Å². The molecule has 1 aromatic carbocycles. The summed E-state index contributed by atoms with van der Waals surface area (Å²) in [6.07, 6.45) is 4.24. The first-order valence-corrected chi connectivity index (χ1v) is 7.05. The van der Waals surface area contributed by atoms with E-state index in [-0.39, 0.29) is 5.97 Å². The lowest BCUT2D eigenvalue weighted by Crippen LogP contribution is -2.48. The highest BCUT2D eigenvalue weighted by Gasteiger charge is 2.31. The maximum absolute atomic E-state index is 12.0. The molecule has 0 aliphatic rings. The molecular weight excluding hydrogens is 252 g/mol. The fraction of sp³-hybridized carbons (Fsp3) is 0.438. The number of carbonyl (C=O) groups excluding carboxylic acids is 1. The number of nitrogens with two attached hydrogens (primary N) is 1. The Bertz CT molecular complexity index is 587. The van der Waals surface area contributed by atoms with Gasteiger partial charge in [-0.3, -0.25) is 4.79 Å². The van der Waals surface area contributed by atoms with Gasteiger partial charge in [0, 0.05) is 23.5 Å². The Morgan fingerprint density at radius 2 is 2.15 bits per heavy atom. The number of benzene rings is 1. The van der Waals surface area contributed by atoms with Crippen LogP contribution in [0.5, 0.6) is 0 Å². The van der Waals surface area contributed by atoms with Crippen molar-refractivity contribution in [2.45, 2.75) is 38.6 Å². The summed E-state index contributed by atoms with van der Waals surface area (Å²) in [6.45, 7) is 4.22. The molecule has 20 heavy (non-hydrogen) atoms. The molecule has 4 heteroatoms. The summed E-state index contributed by atoms with van der Waals surface area (Å²) in [6, 6.07) is 7.99. The molecule has 2 aromatic rings. The van der Waals surface area contributed by atoms with E-state index in [1.807, 2.05) is 30.5 Å². The highest BCUT2D eigenvalue weighted by molar-refractivity contribution is 5.85. The van der Waals surface area contributed by atoms with E-state index in [0.717, 1.165) is 29.3 Å². The van der Waals surface area contributed by atoms with Gasteiger partial charge in [-0.2, -0.15) is 0 Å². The molecule has 0 aliphatic carbocycles. The third kappa shape index (κ3) is 3.20. The van der Waals surface area contributed by atoms with E-state index in [0.29, 0.717) is 13.0 Å². The summed E-state index contributed by atoms with van der Waals surface area (Å²) in [5.41, 5.74) is 7.23. The second-order valence-electron chi connectivity index (χ2n) is 5.44. The van der Waals surface area contributed by atoms with Crippen LogP contribution in [0.15, 0.2) is 30.5 Å². The molecule has 0 bridgehead atoms. The van der Waals surface area contributed by atoms with E-state index in [1.165, 1.54) is 0 Å². The molecule has 0 saturated carbocycles. The van der Waals surface area contributed by atoms with Gasteiger partial charge in [0.1, 0.15) is 5.54 Å². The Hall–Kier alpha value is -1.81. The van der Waals surface area contributed by atoms with Crippen molar-refractivity contribution < 1.29 is 9.53 Å². The molecular formula is C16H22N2O2. The second kappa shape index (κ2) is 6.09. The van der Waals surface area contributed by atoms with Gasteiger partial charge < -0.3 is 15.5 Å². The summed E-state index contributed by atoms with van der Waals surface area (Å²) in [7, 11) is 0. The van der Waals surface area contributed by atoms with Gasteiger partial charge in [-0.05, 0) is 25.0 Å². The van der Waals surface area contributed by atoms with Crippen LogP contribution < -0.4 is 5.73 Å². The maximum Gasteiger partial charge on any atom is 0.326 e. The lowest BCUT2D eigenvalue weighted by Gasteiger charge is -2.22. The van der Waals surface area contributed by atoms with Crippen LogP contribution in [0.4, 0.5) is 0 Å². The average molecular weight is 274 g/mol. The Morgan fingerprint density at radius 1 is 1.40 bits per heavy atom. The minimum atomic E-state index is -1.00. The first kappa shape index (κ1) is 14.6. The molecule has 4 nitrogen and oxygen atoms in total. The number of aromatic nitrogens is 1. The van der Waals surface area contributed by atoms with Gasteiger partial charge in [0.2, 0.25) is 0 Å². The van der Waals surface area contributed by atoms with Crippen molar-refractivity contribution >= 4 is 16.9 Å². The number of fused-ring (bicyclic) bond motifs is 1. The molecule has 2 rings (SSSR count). The van der Waals surface area contributed by atoms with E-state index in [1.54, 1.807) is 6.92 Å². The minimum Gasteiger partial charge on any atom is -0.464 e. The number of hydrogen-bond acceptors (Lipinski definition) is 3. The second-order valence-corrected chi connectivity index (χ2v) is 5.44. The summed E-state index contributed by atoms with van der Waals surface area (Å²) in [5.74, 6) is -0.337. The SMILES string of the molecule is CCCCOC(=O)[C@](C)(N)Cc1c[nH]c2ccccc12. The standard InChI is InChI=1S/C16H22N2O2/c1-3-4-9-20-15(19)16(2,17)10-12-11-18-14-8-6-5-7-13(12)14/h5-8,11,18H,3-4,9-10,17H2,1-2H3/t16-/m1/s1. The van der Waals surface area contributed by atoms with Gasteiger partial charge in [-0.1, -0.05) is 31.5 Å². The van der Waals surface area contributed by atoms with Crippen molar-refractivity contribution in [1.29, 1.82) is 0 Å². The number of hydrogen-bond donors (Lipinski definition) is 2. The first-order valence-electron chi connectivity index (χ1n) is 7.05. The van der Waals surface area contributed by atoms with Gasteiger partial charge in [0.15, 0.2) is 0 Å². The van der Waals surface area contributed by atoms with Crippen molar-refractivity contribution in [3.63, 3.8) is 0 Å². The third-order valence-corrected chi connectivity index (χ3v) is 3.43. The molecule has 1 heterocycles. The van der Waals surface area contributed by atoms with E-state index < -0.39 is 5.54 Å². The van der Waals surface area contributed by atoms with Crippen LogP contribution in [-0.4, -0.2) is 23.1 Å². The monoisotopic (exact) mass is 274 g/mol. The van der Waals surface area contributed by atoms with Crippen LogP contribution in [0.25, 0.3) is 10.9 Å². The smallest absolute Gasteiger partial charge is 0.326 e. The first-order chi connectivity index (χ1) is 9.54. The zero-order chi connectivity index (χ0) is 14.6. The number of nitrogens with one attached hydrogen (secondary N) is 1. The molecule has 108 valence electrons.